The Balaban J connectivity index is 1.74. The molecular weight excluding hydrogens is 329 g/mol. The fourth-order valence-corrected chi connectivity index (χ4v) is 3.47. The van der Waals surface area contributed by atoms with Gasteiger partial charge in [0.05, 0.1) is 5.56 Å². The van der Waals surface area contributed by atoms with Gasteiger partial charge in [0.1, 0.15) is 11.6 Å². The van der Waals surface area contributed by atoms with E-state index >= 15 is 0 Å². The second-order valence-corrected chi connectivity index (χ2v) is 6.67. The van der Waals surface area contributed by atoms with Crippen LogP contribution in [0.1, 0.15) is 41.9 Å². The first-order valence-corrected chi connectivity index (χ1v) is 8.68. The Bertz CT molecular complexity index is 731. The minimum atomic E-state index is -0.553. The molecule has 4 nitrogen and oxygen atoms in total. The molecule has 0 spiro atoms. The highest BCUT2D eigenvalue weighted by Crippen LogP contribution is 2.24. The minimum Gasteiger partial charge on any atom is -0.336 e. The molecule has 3 rings (SSSR count). The summed E-state index contributed by atoms with van der Waals surface area (Å²) < 4.78 is 16.2. The smallest absolute Gasteiger partial charge is 0.257 e. The van der Waals surface area contributed by atoms with Gasteiger partial charge in [-0.3, -0.25) is 4.79 Å². The standard InChI is InChI=1S/C18H21ClFN3O/c1-13-21-8-11-22(13)10-7-15-4-2-3-9-23(15)18(24)16-6-5-14(19)12-17(16)20/h5-6,8,11-12,15H,2-4,7,9-10H2,1H3/t15-/m0/s1. The highest BCUT2D eigenvalue weighted by molar-refractivity contribution is 6.30. The SMILES string of the molecule is Cc1nccn1CC[C@@H]1CCCCN1C(=O)c1ccc(Cl)cc1F. The average molecular weight is 350 g/mol. The molecule has 1 aliphatic rings. The first-order chi connectivity index (χ1) is 11.6. The van der Waals surface area contributed by atoms with Gasteiger partial charge < -0.3 is 9.47 Å². The lowest BCUT2D eigenvalue weighted by atomic mass is 9.98. The second-order valence-electron chi connectivity index (χ2n) is 6.23. The number of likely N-dealkylation sites (tertiary alicyclic amines) is 1. The van der Waals surface area contributed by atoms with Crippen LogP contribution in [0.5, 0.6) is 0 Å². The van der Waals surface area contributed by atoms with Crippen molar-refractivity contribution in [2.24, 2.45) is 0 Å². The lowest BCUT2D eigenvalue weighted by Gasteiger charge is -2.36. The van der Waals surface area contributed by atoms with Crippen molar-refractivity contribution in [2.75, 3.05) is 6.54 Å². The number of carbonyl (C=O) groups excluding carboxylic acids is 1. The summed E-state index contributed by atoms with van der Waals surface area (Å²) in [5.74, 6) is 0.172. The van der Waals surface area contributed by atoms with Crippen molar-refractivity contribution in [1.29, 1.82) is 0 Å². The Hall–Kier alpha value is -1.88. The zero-order chi connectivity index (χ0) is 17.1. The maximum Gasteiger partial charge on any atom is 0.257 e. The van der Waals surface area contributed by atoms with Crippen LogP contribution in [0.25, 0.3) is 0 Å². The lowest BCUT2D eigenvalue weighted by Crippen LogP contribution is -2.44. The third-order valence-corrected chi connectivity index (χ3v) is 4.91. The molecule has 1 atom stereocenters. The summed E-state index contributed by atoms with van der Waals surface area (Å²) in [6.07, 6.45) is 7.58. The number of hydrogen-bond acceptors (Lipinski definition) is 2. The van der Waals surface area contributed by atoms with Crippen molar-refractivity contribution >= 4 is 17.5 Å². The average Bonchev–Trinajstić information content (AvgIpc) is 2.98. The summed E-state index contributed by atoms with van der Waals surface area (Å²) in [5, 5.41) is 0.301. The predicted octanol–water partition coefficient (Wildman–Crippen LogP) is 4.07. The molecule has 24 heavy (non-hydrogen) atoms. The molecule has 1 fully saturated rings. The van der Waals surface area contributed by atoms with Crippen LogP contribution in [-0.2, 0) is 6.54 Å². The largest absolute Gasteiger partial charge is 0.336 e. The molecule has 0 bridgehead atoms. The summed E-state index contributed by atoms with van der Waals surface area (Å²) in [6, 6.07) is 4.36. The van der Waals surface area contributed by atoms with Crippen LogP contribution in [-0.4, -0.2) is 32.9 Å². The molecule has 6 heteroatoms. The summed E-state index contributed by atoms with van der Waals surface area (Å²) in [4.78, 5) is 18.8. The van der Waals surface area contributed by atoms with E-state index in [-0.39, 0.29) is 17.5 Å². The molecule has 2 heterocycles. The van der Waals surface area contributed by atoms with Gasteiger partial charge in [0.2, 0.25) is 0 Å². The van der Waals surface area contributed by atoms with Crippen molar-refractivity contribution in [3.8, 4) is 0 Å². The fourth-order valence-electron chi connectivity index (χ4n) is 3.31. The zero-order valence-corrected chi connectivity index (χ0v) is 14.5. The predicted molar refractivity (Wildman–Crippen MR) is 91.7 cm³/mol. The molecule has 1 aliphatic heterocycles. The van der Waals surface area contributed by atoms with Crippen LogP contribution in [0.4, 0.5) is 4.39 Å². The first kappa shape index (κ1) is 17.0. The number of carbonyl (C=O) groups is 1. The van der Waals surface area contributed by atoms with Crippen molar-refractivity contribution in [1.82, 2.24) is 14.5 Å². The van der Waals surface area contributed by atoms with Crippen LogP contribution in [0.3, 0.4) is 0 Å². The van der Waals surface area contributed by atoms with E-state index in [1.165, 1.54) is 12.1 Å². The minimum absolute atomic E-state index is 0.102. The third-order valence-electron chi connectivity index (χ3n) is 4.68. The maximum atomic E-state index is 14.1. The fraction of sp³-hybridized carbons (Fsp3) is 0.444. The van der Waals surface area contributed by atoms with Crippen molar-refractivity contribution in [2.45, 2.75) is 45.2 Å². The summed E-state index contributed by atoms with van der Waals surface area (Å²) in [5.41, 5.74) is 0.102. The van der Waals surface area contributed by atoms with E-state index < -0.39 is 5.82 Å². The number of benzene rings is 1. The third kappa shape index (κ3) is 3.61. The van der Waals surface area contributed by atoms with E-state index in [0.29, 0.717) is 11.6 Å². The van der Waals surface area contributed by atoms with Gasteiger partial charge >= 0.3 is 0 Å². The Labute approximate surface area is 146 Å². The second kappa shape index (κ2) is 7.34. The van der Waals surface area contributed by atoms with Crippen molar-refractivity contribution in [3.05, 3.63) is 52.8 Å². The topological polar surface area (TPSA) is 38.1 Å². The van der Waals surface area contributed by atoms with Gasteiger partial charge in [0.25, 0.3) is 5.91 Å². The number of imidazole rings is 1. The number of hydrogen-bond donors (Lipinski definition) is 0. The zero-order valence-electron chi connectivity index (χ0n) is 13.7. The molecule has 1 amide bonds. The molecule has 2 aromatic rings. The van der Waals surface area contributed by atoms with Crippen LogP contribution in [0.15, 0.2) is 30.6 Å². The highest BCUT2D eigenvalue weighted by Gasteiger charge is 2.28. The van der Waals surface area contributed by atoms with Gasteiger partial charge in [0, 0.05) is 36.5 Å². The number of halogens is 2. The van der Waals surface area contributed by atoms with E-state index in [0.717, 1.165) is 38.1 Å². The van der Waals surface area contributed by atoms with Crippen molar-refractivity contribution < 1.29 is 9.18 Å². The number of aromatic nitrogens is 2. The molecule has 128 valence electrons. The summed E-state index contributed by atoms with van der Waals surface area (Å²) in [6.45, 7) is 3.45. The number of piperidine rings is 1. The Morgan fingerprint density at radius 2 is 2.25 bits per heavy atom. The highest BCUT2D eigenvalue weighted by atomic mass is 35.5. The van der Waals surface area contributed by atoms with Gasteiger partial charge in [-0.25, -0.2) is 9.37 Å². The molecule has 1 aromatic heterocycles. The van der Waals surface area contributed by atoms with Crippen LogP contribution < -0.4 is 0 Å². The van der Waals surface area contributed by atoms with Crippen LogP contribution in [0.2, 0.25) is 5.02 Å². The number of amides is 1. The van der Waals surface area contributed by atoms with Gasteiger partial charge in [-0.05, 0) is 50.8 Å². The normalized spacial score (nSPS) is 18.0. The molecule has 0 radical (unpaired) electrons. The van der Waals surface area contributed by atoms with E-state index in [9.17, 15) is 9.18 Å². The van der Waals surface area contributed by atoms with E-state index in [2.05, 4.69) is 9.55 Å². The van der Waals surface area contributed by atoms with Gasteiger partial charge in [0.15, 0.2) is 0 Å². The number of aryl methyl sites for hydroxylation is 2. The molecule has 1 aromatic carbocycles. The Kier molecular flexibility index (Phi) is 5.19. The molecule has 0 unspecified atom stereocenters. The van der Waals surface area contributed by atoms with Gasteiger partial charge in [-0.2, -0.15) is 0 Å². The lowest BCUT2D eigenvalue weighted by molar-refractivity contribution is 0.0590. The summed E-state index contributed by atoms with van der Waals surface area (Å²) in [7, 11) is 0. The number of nitrogens with zero attached hydrogens (tertiary/aromatic N) is 3. The monoisotopic (exact) mass is 349 g/mol. The van der Waals surface area contributed by atoms with Gasteiger partial charge in [-0.1, -0.05) is 11.6 Å². The molecule has 0 aliphatic carbocycles. The molecule has 0 saturated carbocycles. The van der Waals surface area contributed by atoms with E-state index in [1.54, 1.807) is 12.3 Å². The first-order valence-electron chi connectivity index (χ1n) is 8.30. The summed E-state index contributed by atoms with van der Waals surface area (Å²) >= 11 is 5.78. The molecule has 1 saturated heterocycles. The van der Waals surface area contributed by atoms with E-state index in [4.69, 9.17) is 11.6 Å². The van der Waals surface area contributed by atoms with Crippen LogP contribution in [0, 0.1) is 12.7 Å². The van der Waals surface area contributed by atoms with Gasteiger partial charge in [-0.15, -0.1) is 0 Å². The quantitative estimate of drug-likeness (QED) is 0.834. The Morgan fingerprint density at radius 1 is 1.42 bits per heavy atom. The van der Waals surface area contributed by atoms with Crippen LogP contribution >= 0.6 is 11.6 Å². The van der Waals surface area contributed by atoms with E-state index in [1.807, 2.05) is 18.0 Å². The molecular formula is C18H21ClFN3O. The number of rotatable bonds is 4. The maximum absolute atomic E-state index is 14.1. The molecule has 0 N–H and O–H groups in total. The Morgan fingerprint density at radius 3 is 2.96 bits per heavy atom. The van der Waals surface area contributed by atoms with Crippen molar-refractivity contribution in [3.63, 3.8) is 0 Å².